The second-order valence-electron chi connectivity index (χ2n) is 11.5. The van der Waals surface area contributed by atoms with Crippen LogP contribution >= 0.6 is 27.7 Å². The topological polar surface area (TPSA) is 61.9 Å². The van der Waals surface area contributed by atoms with Crippen molar-refractivity contribution < 1.29 is 14.3 Å². The molecule has 0 radical (unpaired) electrons. The second kappa shape index (κ2) is 13.4. The first kappa shape index (κ1) is 29.7. The minimum atomic E-state index is -0.161. The van der Waals surface area contributed by atoms with Gasteiger partial charge in [0.1, 0.15) is 12.3 Å². The van der Waals surface area contributed by atoms with Crippen LogP contribution in [0.5, 0.6) is 5.75 Å². The van der Waals surface area contributed by atoms with Crippen molar-refractivity contribution in [1.82, 2.24) is 10.2 Å². The lowest BCUT2D eigenvalue weighted by molar-refractivity contribution is -0.122. The minimum Gasteiger partial charge on any atom is -0.496 e. The summed E-state index contributed by atoms with van der Waals surface area (Å²) in [6.45, 7) is 10.3. The Morgan fingerprint density at radius 1 is 1.10 bits per heavy atom. The number of nitrogens with zero attached hydrogens (tertiary/aromatic N) is 2. The molecule has 1 N–H and O–H groups in total. The maximum atomic E-state index is 13.7. The summed E-state index contributed by atoms with van der Waals surface area (Å²) < 4.78 is 6.17. The van der Waals surface area contributed by atoms with Gasteiger partial charge < -0.3 is 15.0 Å². The molecule has 0 unspecified atom stereocenters. The number of hydrogen-bond acceptors (Lipinski definition) is 5. The number of hydrogen-bond donors (Lipinski definition) is 1. The standard InChI is InChI=1S/C31H40BrN3O3S/c1-31(2,3)20-23-9-11-25-27(19-23)39-28(18-22-10-12-26(38-4)24(32)17-22)30(37)35(25)21-29(36)33-13-16-34-14-7-5-6-8-15-34/h9-12,17-19H,5-8,13-16,20-21H2,1-4H3,(H,33,36). The Labute approximate surface area is 245 Å². The molecular formula is C31H40BrN3O3S. The molecule has 0 spiro atoms. The lowest BCUT2D eigenvalue weighted by Crippen LogP contribution is -2.44. The summed E-state index contributed by atoms with van der Waals surface area (Å²) in [6.07, 6.45) is 7.84. The number of thioether (sulfide) groups is 1. The predicted molar refractivity (Wildman–Crippen MR) is 164 cm³/mol. The number of carbonyl (C=O) groups excluding carboxylic acids is 2. The zero-order chi connectivity index (χ0) is 28.0. The molecule has 6 nitrogen and oxygen atoms in total. The van der Waals surface area contributed by atoms with Crippen molar-refractivity contribution in [3.63, 3.8) is 0 Å². The average Bonchev–Trinajstić information content (AvgIpc) is 3.14. The van der Waals surface area contributed by atoms with Crippen LogP contribution in [-0.2, 0) is 16.0 Å². The van der Waals surface area contributed by atoms with E-state index in [1.54, 1.807) is 12.0 Å². The van der Waals surface area contributed by atoms with Gasteiger partial charge in [-0.15, -0.1) is 0 Å². The smallest absolute Gasteiger partial charge is 0.265 e. The van der Waals surface area contributed by atoms with Crippen molar-refractivity contribution in [3.8, 4) is 5.75 Å². The molecule has 2 heterocycles. The van der Waals surface area contributed by atoms with Crippen LogP contribution in [0, 0.1) is 5.41 Å². The third-order valence-corrected chi connectivity index (χ3v) is 8.63. The zero-order valence-corrected chi connectivity index (χ0v) is 25.9. The molecule has 2 aromatic carbocycles. The molecule has 1 fully saturated rings. The van der Waals surface area contributed by atoms with Gasteiger partial charge in [-0.3, -0.25) is 14.5 Å². The highest BCUT2D eigenvalue weighted by Crippen LogP contribution is 2.43. The Bertz CT molecular complexity index is 1220. The number of amides is 2. The fourth-order valence-electron chi connectivity index (χ4n) is 5.07. The number of fused-ring (bicyclic) bond motifs is 1. The van der Waals surface area contributed by atoms with E-state index < -0.39 is 0 Å². The number of benzene rings is 2. The normalized spacial score (nSPS) is 17.6. The van der Waals surface area contributed by atoms with Crippen LogP contribution in [0.3, 0.4) is 0 Å². The molecule has 2 aromatic rings. The monoisotopic (exact) mass is 613 g/mol. The van der Waals surface area contributed by atoms with Crippen LogP contribution in [0.25, 0.3) is 6.08 Å². The lowest BCUT2D eigenvalue weighted by atomic mass is 9.88. The summed E-state index contributed by atoms with van der Waals surface area (Å²) in [6, 6.07) is 12.0. The van der Waals surface area contributed by atoms with E-state index >= 15 is 0 Å². The first-order chi connectivity index (χ1) is 18.6. The van der Waals surface area contributed by atoms with Crippen molar-refractivity contribution in [2.24, 2.45) is 5.41 Å². The Morgan fingerprint density at radius 3 is 2.51 bits per heavy atom. The molecule has 0 atom stereocenters. The molecule has 4 rings (SSSR count). The number of halogens is 1. The fourth-order valence-corrected chi connectivity index (χ4v) is 6.76. The summed E-state index contributed by atoms with van der Waals surface area (Å²) in [7, 11) is 1.63. The Kier molecular flexibility index (Phi) is 10.2. The molecule has 0 aromatic heterocycles. The molecule has 0 bridgehead atoms. The molecule has 2 aliphatic rings. The van der Waals surface area contributed by atoms with E-state index in [9.17, 15) is 9.59 Å². The van der Waals surface area contributed by atoms with Crippen molar-refractivity contribution in [1.29, 1.82) is 0 Å². The molecular weight excluding hydrogens is 574 g/mol. The second-order valence-corrected chi connectivity index (χ2v) is 13.5. The number of carbonyl (C=O) groups is 2. The van der Waals surface area contributed by atoms with Crippen LogP contribution in [0.2, 0.25) is 0 Å². The molecule has 1 saturated heterocycles. The van der Waals surface area contributed by atoms with E-state index in [-0.39, 0.29) is 23.8 Å². The van der Waals surface area contributed by atoms with Gasteiger partial charge in [-0.2, -0.15) is 0 Å². The van der Waals surface area contributed by atoms with E-state index in [0.717, 1.165) is 52.4 Å². The highest BCUT2D eigenvalue weighted by molar-refractivity contribution is 9.10. The highest BCUT2D eigenvalue weighted by atomic mass is 79.9. The van der Waals surface area contributed by atoms with Crippen LogP contribution in [-0.4, -0.2) is 56.5 Å². The first-order valence-electron chi connectivity index (χ1n) is 13.8. The maximum absolute atomic E-state index is 13.7. The first-order valence-corrected chi connectivity index (χ1v) is 15.4. The van der Waals surface area contributed by atoms with Gasteiger partial charge in [0.25, 0.3) is 5.91 Å². The summed E-state index contributed by atoms with van der Waals surface area (Å²) in [4.78, 5) is 32.4. The summed E-state index contributed by atoms with van der Waals surface area (Å²) in [5.41, 5.74) is 3.04. The average molecular weight is 615 g/mol. The van der Waals surface area contributed by atoms with Crippen LogP contribution in [0.4, 0.5) is 5.69 Å². The molecule has 210 valence electrons. The van der Waals surface area contributed by atoms with Gasteiger partial charge in [-0.25, -0.2) is 0 Å². The molecule has 2 aliphatic heterocycles. The number of ether oxygens (including phenoxy) is 1. The van der Waals surface area contributed by atoms with E-state index in [0.29, 0.717) is 11.4 Å². The fraction of sp³-hybridized carbons (Fsp3) is 0.484. The largest absolute Gasteiger partial charge is 0.496 e. The third kappa shape index (κ3) is 8.35. The summed E-state index contributed by atoms with van der Waals surface area (Å²) in [5, 5.41) is 3.06. The maximum Gasteiger partial charge on any atom is 0.265 e. The molecule has 39 heavy (non-hydrogen) atoms. The van der Waals surface area contributed by atoms with Crippen molar-refractivity contribution >= 4 is 51.3 Å². The predicted octanol–water partition coefficient (Wildman–Crippen LogP) is 6.52. The summed E-state index contributed by atoms with van der Waals surface area (Å²) >= 11 is 5.01. The zero-order valence-electron chi connectivity index (χ0n) is 23.5. The van der Waals surface area contributed by atoms with Crippen molar-refractivity contribution in [3.05, 3.63) is 56.9 Å². The van der Waals surface area contributed by atoms with Crippen LogP contribution in [0.1, 0.15) is 57.6 Å². The van der Waals surface area contributed by atoms with Crippen molar-refractivity contribution in [2.75, 3.05) is 44.7 Å². The number of likely N-dealkylation sites (tertiary alicyclic amines) is 1. The lowest BCUT2D eigenvalue weighted by Gasteiger charge is -2.31. The van der Waals surface area contributed by atoms with Gasteiger partial charge in [0.05, 0.1) is 22.2 Å². The van der Waals surface area contributed by atoms with Crippen molar-refractivity contribution in [2.45, 2.75) is 57.8 Å². The molecule has 2 amide bonds. The third-order valence-electron chi connectivity index (χ3n) is 6.95. The van der Waals surface area contributed by atoms with Gasteiger partial charge in [0, 0.05) is 18.0 Å². The van der Waals surface area contributed by atoms with E-state index in [1.807, 2.05) is 30.3 Å². The van der Waals surface area contributed by atoms with E-state index in [4.69, 9.17) is 4.74 Å². The number of nitrogens with one attached hydrogen (secondary N) is 1. The van der Waals surface area contributed by atoms with Gasteiger partial charge >= 0.3 is 0 Å². The van der Waals surface area contributed by atoms with Gasteiger partial charge in [-0.1, -0.05) is 57.5 Å². The molecule has 8 heteroatoms. The van der Waals surface area contributed by atoms with Crippen LogP contribution < -0.4 is 15.0 Å². The molecule has 0 aliphatic carbocycles. The quantitative estimate of drug-likeness (QED) is 0.343. The molecule has 0 saturated carbocycles. The number of anilines is 1. The van der Waals surface area contributed by atoms with Gasteiger partial charge in [-0.05, 0) is 95.2 Å². The summed E-state index contributed by atoms with van der Waals surface area (Å²) in [5.74, 6) is 0.433. The number of methoxy groups -OCH3 is 1. The van der Waals surface area contributed by atoms with E-state index in [2.05, 4.69) is 59.1 Å². The Hall–Kier alpha value is -2.29. The van der Waals surface area contributed by atoms with Gasteiger partial charge in [0.15, 0.2) is 0 Å². The van der Waals surface area contributed by atoms with Crippen LogP contribution in [0.15, 0.2) is 50.7 Å². The SMILES string of the molecule is COc1ccc(C=C2Sc3cc(CC(C)(C)C)ccc3N(CC(=O)NCCN3CCCCCC3)C2=O)cc1Br. The Balaban J connectivity index is 1.54. The van der Waals surface area contributed by atoms with Gasteiger partial charge in [0.2, 0.25) is 5.91 Å². The number of rotatable bonds is 8. The Morgan fingerprint density at radius 2 is 1.85 bits per heavy atom. The van der Waals surface area contributed by atoms with E-state index in [1.165, 1.54) is 43.0 Å². The highest BCUT2D eigenvalue weighted by Gasteiger charge is 2.31. The minimum absolute atomic E-state index is 0.00530.